The number of amides is 1. The molecule has 1 saturated heterocycles. The van der Waals surface area contributed by atoms with E-state index in [1.165, 1.54) is 0 Å². The molecular formula is C21H29N7O. The Morgan fingerprint density at radius 3 is 2.72 bits per heavy atom. The summed E-state index contributed by atoms with van der Waals surface area (Å²) < 4.78 is 3.96. The number of anilines is 1. The van der Waals surface area contributed by atoms with Gasteiger partial charge in [-0.05, 0) is 52.2 Å². The highest BCUT2D eigenvalue weighted by Gasteiger charge is 2.30. The maximum atomic E-state index is 12.2. The maximum absolute atomic E-state index is 12.2. The van der Waals surface area contributed by atoms with E-state index in [1.54, 1.807) is 13.4 Å². The number of hydrogen-bond acceptors (Lipinski definition) is 5. The molecule has 0 bridgehead atoms. The van der Waals surface area contributed by atoms with Crippen molar-refractivity contribution in [2.45, 2.75) is 51.6 Å². The molecule has 8 heteroatoms. The largest absolute Gasteiger partial charge is 0.354 e. The fourth-order valence-corrected chi connectivity index (χ4v) is 4.26. The van der Waals surface area contributed by atoms with Gasteiger partial charge in [-0.3, -0.25) is 4.79 Å². The molecule has 8 nitrogen and oxygen atoms in total. The lowest BCUT2D eigenvalue weighted by Crippen LogP contribution is -2.35. The van der Waals surface area contributed by atoms with Crippen LogP contribution in [0.3, 0.4) is 0 Å². The van der Waals surface area contributed by atoms with E-state index in [0.29, 0.717) is 5.69 Å². The topological polar surface area (TPSA) is 80.9 Å². The lowest BCUT2D eigenvalue weighted by Gasteiger charge is -2.37. The van der Waals surface area contributed by atoms with Gasteiger partial charge in [0.25, 0.3) is 5.91 Å². The number of nitrogens with one attached hydrogen (secondary N) is 1. The Bertz CT molecular complexity index is 1040. The molecule has 1 aliphatic rings. The second-order valence-corrected chi connectivity index (χ2v) is 8.65. The van der Waals surface area contributed by atoms with Crippen LogP contribution in [0, 0.1) is 0 Å². The maximum Gasteiger partial charge on any atom is 0.267 e. The number of fused-ring (bicyclic) bond motifs is 1. The van der Waals surface area contributed by atoms with Gasteiger partial charge in [0.05, 0.1) is 23.2 Å². The molecule has 0 aromatic carbocycles. The summed E-state index contributed by atoms with van der Waals surface area (Å²) in [6, 6.07) is 4.11. The number of piperidine rings is 1. The third-order valence-corrected chi connectivity index (χ3v) is 5.72. The van der Waals surface area contributed by atoms with E-state index in [9.17, 15) is 4.79 Å². The minimum Gasteiger partial charge on any atom is -0.354 e. The van der Waals surface area contributed by atoms with E-state index in [4.69, 9.17) is 0 Å². The van der Waals surface area contributed by atoms with Crippen molar-refractivity contribution in [3.05, 3.63) is 36.0 Å². The normalized spacial score (nSPS) is 17.7. The predicted octanol–water partition coefficient (Wildman–Crippen LogP) is 3.01. The Labute approximate surface area is 170 Å². The van der Waals surface area contributed by atoms with Gasteiger partial charge >= 0.3 is 0 Å². The molecule has 154 valence electrons. The third-order valence-electron chi connectivity index (χ3n) is 5.72. The van der Waals surface area contributed by atoms with Crippen LogP contribution in [0.15, 0.2) is 24.7 Å². The van der Waals surface area contributed by atoms with Crippen molar-refractivity contribution in [1.29, 1.82) is 0 Å². The van der Waals surface area contributed by atoms with Crippen LogP contribution < -0.4 is 10.2 Å². The van der Waals surface area contributed by atoms with Gasteiger partial charge in [-0.15, -0.1) is 0 Å². The van der Waals surface area contributed by atoms with E-state index >= 15 is 0 Å². The smallest absolute Gasteiger partial charge is 0.267 e. The minimum absolute atomic E-state index is 0.0722. The van der Waals surface area contributed by atoms with Gasteiger partial charge in [0.15, 0.2) is 5.65 Å². The quantitative estimate of drug-likeness (QED) is 0.737. The van der Waals surface area contributed by atoms with Crippen LogP contribution in [-0.2, 0) is 12.6 Å². The summed E-state index contributed by atoms with van der Waals surface area (Å²) in [5.41, 5.74) is 2.49. The average molecular weight is 396 g/mol. The van der Waals surface area contributed by atoms with Crippen LogP contribution in [0.2, 0.25) is 0 Å². The van der Waals surface area contributed by atoms with Crippen molar-refractivity contribution < 1.29 is 4.79 Å². The van der Waals surface area contributed by atoms with Crippen LogP contribution in [-0.4, -0.2) is 43.8 Å². The second-order valence-electron chi connectivity index (χ2n) is 8.65. The van der Waals surface area contributed by atoms with E-state index in [1.807, 2.05) is 28.6 Å². The fourth-order valence-electron chi connectivity index (χ4n) is 4.26. The first-order valence-corrected chi connectivity index (χ1v) is 10.2. The molecule has 4 heterocycles. The Morgan fingerprint density at radius 2 is 2.00 bits per heavy atom. The molecule has 1 amide bonds. The zero-order chi connectivity index (χ0) is 20.8. The Kier molecular flexibility index (Phi) is 4.80. The van der Waals surface area contributed by atoms with E-state index in [0.717, 1.165) is 48.4 Å². The number of hydrogen-bond donors (Lipinski definition) is 1. The van der Waals surface area contributed by atoms with Gasteiger partial charge in [-0.25, -0.2) is 14.6 Å². The van der Waals surface area contributed by atoms with Crippen molar-refractivity contribution >= 4 is 22.8 Å². The first kappa shape index (κ1) is 19.4. The molecule has 4 rings (SSSR count). The summed E-state index contributed by atoms with van der Waals surface area (Å²) >= 11 is 0. The number of rotatable bonds is 3. The molecule has 0 saturated carbocycles. The van der Waals surface area contributed by atoms with Gasteiger partial charge in [0.2, 0.25) is 0 Å². The van der Waals surface area contributed by atoms with Crippen LogP contribution in [0.4, 0.5) is 5.82 Å². The second kappa shape index (κ2) is 7.17. The van der Waals surface area contributed by atoms with Gasteiger partial charge < -0.3 is 14.8 Å². The molecule has 1 fully saturated rings. The van der Waals surface area contributed by atoms with Crippen LogP contribution >= 0.6 is 0 Å². The highest BCUT2D eigenvalue weighted by Crippen LogP contribution is 2.37. The highest BCUT2D eigenvalue weighted by molar-refractivity contribution is 5.92. The van der Waals surface area contributed by atoms with Crippen molar-refractivity contribution in [2.24, 2.45) is 7.05 Å². The predicted molar refractivity (Wildman–Crippen MR) is 113 cm³/mol. The van der Waals surface area contributed by atoms with Crippen molar-refractivity contribution in [3.8, 4) is 0 Å². The molecule has 3 aromatic rings. The first-order valence-electron chi connectivity index (χ1n) is 10.2. The Balaban J connectivity index is 1.79. The molecule has 0 aliphatic carbocycles. The van der Waals surface area contributed by atoms with Crippen molar-refractivity contribution in [2.75, 3.05) is 18.5 Å². The molecule has 1 aliphatic heterocycles. The van der Waals surface area contributed by atoms with Gasteiger partial charge in [-0.1, -0.05) is 0 Å². The minimum atomic E-state index is -0.158. The summed E-state index contributed by atoms with van der Waals surface area (Å²) in [6.45, 7) is 7.28. The lowest BCUT2D eigenvalue weighted by atomic mass is 9.99. The number of carbonyl (C=O) groups is 1. The molecule has 0 radical (unpaired) electrons. The SMILES string of the molecule is CNC(=O)c1ccc([C@H]2CCCCN2c2ncnc3c2cnn3C(C)(C)C)n1C. The number of aromatic nitrogens is 5. The lowest BCUT2D eigenvalue weighted by molar-refractivity contribution is 0.0954. The van der Waals surface area contributed by atoms with Gasteiger partial charge in [-0.2, -0.15) is 5.10 Å². The number of nitrogens with zero attached hydrogens (tertiary/aromatic N) is 6. The third kappa shape index (κ3) is 3.26. The zero-order valence-electron chi connectivity index (χ0n) is 17.8. The molecular weight excluding hydrogens is 366 g/mol. The van der Waals surface area contributed by atoms with Crippen molar-refractivity contribution in [3.63, 3.8) is 0 Å². The summed E-state index contributed by atoms with van der Waals surface area (Å²) in [6.07, 6.45) is 6.79. The van der Waals surface area contributed by atoms with E-state index in [-0.39, 0.29) is 17.5 Å². The Hall–Kier alpha value is -2.90. The van der Waals surface area contributed by atoms with E-state index < -0.39 is 0 Å². The average Bonchev–Trinajstić information content (AvgIpc) is 3.31. The first-order chi connectivity index (χ1) is 13.8. The summed E-state index contributed by atoms with van der Waals surface area (Å²) in [5, 5.41) is 8.29. The molecule has 0 spiro atoms. The number of carbonyl (C=O) groups excluding carboxylic acids is 1. The highest BCUT2D eigenvalue weighted by atomic mass is 16.1. The summed E-state index contributed by atoms with van der Waals surface area (Å²) in [7, 11) is 3.62. The van der Waals surface area contributed by atoms with Crippen molar-refractivity contribution in [1.82, 2.24) is 29.6 Å². The summed E-state index contributed by atoms with van der Waals surface area (Å²) in [5.74, 6) is 0.842. The van der Waals surface area contributed by atoms with Crippen LogP contribution in [0.5, 0.6) is 0 Å². The Morgan fingerprint density at radius 1 is 1.21 bits per heavy atom. The molecule has 0 unspecified atom stereocenters. The van der Waals surface area contributed by atoms with Crippen LogP contribution in [0.25, 0.3) is 11.0 Å². The van der Waals surface area contributed by atoms with Gasteiger partial charge in [0, 0.05) is 26.3 Å². The summed E-state index contributed by atoms with van der Waals surface area (Å²) in [4.78, 5) is 23.7. The molecule has 3 aromatic heterocycles. The standard InChI is InChI=1S/C21H29N7O/c1-21(2,3)28-19-14(12-25-28)18(23-13-24-19)27-11-7-6-8-16(27)15-9-10-17(26(15)5)20(29)22-4/h9-10,12-13,16H,6-8,11H2,1-5H3,(H,22,29)/t16-/m1/s1. The van der Waals surface area contributed by atoms with Crippen LogP contribution in [0.1, 0.15) is 62.3 Å². The molecule has 1 atom stereocenters. The molecule has 29 heavy (non-hydrogen) atoms. The molecule has 1 N–H and O–H groups in total. The van der Waals surface area contributed by atoms with Gasteiger partial charge in [0.1, 0.15) is 17.8 Å². The van der Waals surface area contributed by atoms with E-state index in [2.05, 4.69) is 52.1 Å². The zero-order valence-corrected chi connectivity index (χ0v) is 17.8. The fraction of sp³-hybridized carbons (Fsp3) is 0.524. The monoisotopic (exact) mass is 395 g/mol.